The van der Waals surface area contributed by atoms with Crippen molar-refractivity contribution in [1.82, 2.24) is 9.36 Å². The summed E-state index contributed by atoms with van der Waals surface area (Å²) >= 11 is 1.50. The van der Waals surface area contributed by atoms with Gasteiger partial charge >= 0.3 is 0 Å². The Morgan fingerprint density at radius 2 is 2.08 bits per heavy atom. The minimum absolute atomic E-state index is 0.472. The molecule has 66 valence electrons. The summed E-state index contributed by atoms with van der Waals surface area (Å²) < 4.78 is 4.16. The van der Waals surface area contributed by atoms with Gasteiger partial charge in [-0.3, -0.25) is 0 Å². The summed E-state index contributed by atoms with van der Waals surface area (Å²) in [5.74, 6) is 0.889. The van der Waals surface area contributed by atoms with Crippen molar-refractivity contribution in [3.8, 4) is 0 Å². The van der Waals surface area contributed by atoms with Crippen LogP contribution in [0.1, 0.15) is 19.7 Å². The maximum Gasteiger partial charge on any atom is 0.205 e. The number of rotatable bonds is 1. The lowest BCUT2D eigenvalue weighted by Crippen LogP contribution is -2.53. The van der Waals surface area contributed by atoms with E-state index in [9.17, 15) is 0 Å². The normalized spacial score (nSPS) is 20.8. The molecule has 1 aliphatic rings. The van der Waals surface area contributed by atoms with E-state index < -0.39 is 0 Å². The molecule has 1 aromatic rings. The Hall–Kier alpha value is -0.640. The lowest BCUT2D eigenvalue weighted by atomic mass is 9.85. The second-order valence-corrected chi connectivity index (χ2v) is 4.87. The van der Waals surface area contributed by atoms with Gasteiger partial charge in [-0.15, -0.1) is 0 Å². The van der Waals surface area contributed by atoms with Crippen molar-refractivity contribution in [3.05, 3.63) is 5.82 Å². The van der Waals surface area contributed by atoms with E-state index >= 15 is 0 Å². The zero-order chi connectivity index (χ0) is 8.77. The highest BCUT2D eigenvalue weighted by Gasteiger charge is 2.35. The fraction of sp³-hybridized carbons (Fsp3) is 0.750. The molecule has 1 aliphatic heterocycles. The number of aromatic nitrogens is 2. The Kier molecular flexibility index (Phi) is 1.61. The van der Waals surface area contributed by atoms with Gasteiger partial charge < -0.3 is 4.90 Å². The molecule has 2 rings (SSSR count). The minimum atomic E-state index is 0.472. The van der Waals surface area contributed by atoms with E-state index in [1.165, 1.54) is 11.5 Å². The molecular weight excluding hydrogens is 170 g/mol. The van der Waals surface area contributed by atoms with Gasteiger partial charge in [-0.05, 0) is 12.3 Å². The maximum atomic E-state index is 4.33. The molecule has 3 nitrogen and oxygen atoms in total. The molecule has 12 heavy (non-hydrogen) atoms. The molecule has 0 atom stereocenters. The van der Waals surface area contributed by atoms with Crippen LogP contribution < -0.4 is 4.90 Å². The first kappa shape index (κ1) is 7.98. The van der Waals surface area contributed by atoms with E-state index in [-0.39, 0.29) is 0 Å². The van der Waals surface area contributed by atoms with Crippen LogP contribution >= 0.6 is 11.5 Å². The number of anilines is 1. The van der Waals surface area contributed by atoms with Crippen molar-refractivity contribution in [3.63, 3.8) is 0 Å². The molecule has 0 aromatic carbocycles. The van der Waals surface area contributed by atoms with Crippen LogP contribution in [0.5, 0.6) is 0 Å². The molecule has 0 amide bonds. The Labute approximate surface area is 76.6 Å². The SMILES string of the molecule is Cc1nsc(N2CC(C)(C)C2)n1. The van der Waals surface area contributed by atoms with Gasteiger partial charge in [-0.25, -0.2) is 4.98 Å². The summed E-state index contributed by atoms with van der Waals surface area (Å²) in [5.41, 5.74) is 0.472. The monoisotopic (exact) mass is 183 g/mol. The summed E-state index contributed by atoms with van der Waals surface area (Å²) in [6.45, 7) is 8.71. The van der Waals surface area contributed by atoms with Crippen LogP contribution in [0.25, 0.3) is 0 Å². The molecule has 0 saturated carbocycles. The first-order valence-electron chi connectivity index (χ1n) is 4.12. The molecular formula is C8H13N3S. The van der Waals surface area contributed by atoms with Crippen LogP contribution in [-0.2, 0) is 0 Å². The summed E-state index contributed by atoms with van der Waals surface area (Å²) in [4.78, 5) is 6.61. The number of hydrogen-bond donors (Lipinski definition) is 0. The lowest BCUT2D eigenvalue weighted by molar-refractivity contribution is 0.276. The van der Waals surface area contributed by atoms with Crippen LogP contribution in [0, 0.1) is 12.3 Å². The molecule has 0 radical (unpaired) electrons. The molecule has 0 spiro atoms. The standard InChI is InChI=1S/C8H13N3S/c1-6-9-7(12-10-6)11-4-8(2,3)5-11/h4-5H2,1-3H3. The van der Waals surface area contributed by atoms with Crippen molar-refractivity contribution in [2.45, 2.75) is 20.8 Å². The molecule has 0 bridgehead atoms. The second kappa shape index (κ2) is 2.42. The van der Waals surface area contributed by atoms with E-state index in [1.807, 2.05) is 6.92 Å². The highest BCUT2D eigenvalue weighted by atomic mass is 32.1. The fourth-order valence-corrected chi connectivity index (χ4v) is 2.21. The molecule has 4 heteroatoms. The van der Waals surface area contributed by atoms with Gasteiger partial charge in [0.2, 0.25) is 5.13 Å². The van der Waals surface area contributed by atoms with Gasteiger partial charge in [0.15, 0.2) is 0 Å². The first-order chi connectivity index (χ1) is 5.57. The van der Waals surface area contributed by atoms with Crippen molar-refractivity contribution in [1.29, 1.82) is 0 Å². The third-order valence-electron chi connectivity index (χ3n) is 2.03. The predicted molar refractivity (Wildman–Crippen MR) is 50.6 cm³/mol. The Morgan fingerprint density at radius 3 is 2.50 bits per heavy atom. The minimum Gasteiger partial charge on any atom is -0.346 e. The summed E-state index contributed by atoms with van der Waals surface area (Å²) in [6, 6.07) is 0. The van der Waals surface area contributed by atoms with Crippen molar-refractivity contribution >= 4 is 16.7 Å². The third-order valence-corrected chi connectivity index (χ3v) is 2.89. The highest BCUT2D eigenvalue weighted by Crippen LogP contribution is 2.33. The topological polar surface area (TPSA) is 29.0 Å². The average Bonchev–Trinajstić information content (AvgIpc) is 2.30. The number of aryl methyl sites for hydroxylation is 1. The van der Waals surface area contributed by atoms with Crippen LogP contribution in [0.4, 0.5) is 5.13 Å². The molecule has 0 unspecified atom stereocenters. The zero-order valence-electron chi connectivity index (χ0n) is 7.66. The molecule has 1 fully saturated rings. The fourth-order valence-electron chi connectivity index (χ4n) is 1.54. The smallest absolute Gasteiger partial charge is 0.205 e. The first-order valence-corrected chi connectivity index (χ1v) is 4.89. The van der Waals surface area contributed by atoms with Crippen molar-refractivity contribution in [2.75, 3.05) is 18.0 Å². The molecule has 1 saturated heterocycles. The summed E-state index contributed by atoms with van der Waals surface area (Å²) in [5, 5.41) is 1.08. The zero-order valence-corrected chi connectivity index (χ0v) is 8.48. The van der Waals surface area contributed by atoms with E-state index in [2.05, 4.69) is 28.1 Å². The number of hydrogen-bond acceptors (Lipinski definition) is 4. The largest absolute Gasteiger partial charge is 0.346 e. The molecule has 2 heterocycles. The van der Waals surface area contributed by atoms with Crippen LogP contribution in [0.3, 0.4) is 0 Å². The predicted octanol–water partition coefficient (Wildman–Crippen LogP) is 1.69. The molecule has 0 aliphatic carbocycles. The highest BCUT2D eigenvalue weighted by molar-refractivity contribution is 7.09. The van der Waals surface area contributed by atoms with Gasteiger partial charge in [0, 0.05) is 24.6 Å². The van der Waals surface area contributed by atoms with Crippen LogP contribution in [-0.4, -0.2) is 22.4 Å². The van der Waals surface area contributed by atoms with Gasteiger partial charge in [0.1, 0.15) is 5.82 Å². The van der Waals surface area contributed by atoms with Crippen LogP contribution in [0.2, 0.25) is 0 Å². The van der Waals surface area contributed by atoms with E-state index in [1.54, 1.807) is 0 Å². The average molecular weight is 183 g/mol. The van der Waals surface area contributed by atoms with E-state index in [0.29, 0.717) is 5.41 Å². The second-order valence-electron chi connectivity index (χ2n) is 4.14. The molecule has 0 N–H and O–H groups in total. The lowest BCUT2D eigenvalue weighted by Gasteiger charge is -2.45. The maximum absolute atomic E-state index is 4.33. The van der Waals surface area contributed by atoms with Gasteiger partial charge in [0.05, 0.1) is 0 Å². The van der Waals surface area contributed by atoms with Gasteiger partial charge in [-0.1, -0.05) is 13.8 Å². The quantitative estimate of drug-likeness (QED) is 0.663. The van der Waals surface area contributed by atoms with Gasteiger partial charge in [0.25, 0.3) is 0 Å². The van der Waals surface area contributed by atoms with Crippen molar-refractivity contribution < 1.29 is 0 Å². The third kappa shape index (κ3) is 1.31. The Morgan fingerprint density at radius 1 is 1.42 bits per heavy atom. The van der Waals surface area contributed by atoms with E-state index in [4.69, 9.17) is 0 Å². The summed E-state index contributed by atoms with van der Waals surface area (Å²) in [6.07, 6.45) is 0. The van der Waals surface area contributed by atoms with Crippen molar-refractivity contribution in [2.24, 2.45) is 5.41 Å². The van der Waals surface area contributed by atoms with E-state index in [0.717, 1.165) is 24.0 Å². The Balaban J connectivity index is 2.06. The summed E-state index contributed by atoms with van der Waals surface area (Å²) in [7, 11) is 0. The number of nitrogens with zero attached hydrogens (tertiary/aromatic N) is 3. The molecule has 1 aromatic heterocycles. The van der Waals surface area contributed by atoms with Crippen LogP contribution in [0.15, 0.2) is 0 Å². The Bertz CT molecular complexity index is 284. The van der Waals surface area contributed by atoms with Gasteiger partial charge in [-0.2, -0.15) is 4.37 Å².